The van der Waals surface area contributed by atoms with Crippen LogP contribution >= 0.6 is 0 Å². The molecule has 3 nitrogen and oxygen atoms in total. The van der Waals surface area contributed by atoms with Gasteiger partial charge in [-0.1, -0.05) is 85.8 Å². The first-order valence-electron chi connectivity index (χ1n) is 16.1. The van der Waals surface area contributed by atoms with Gasteiger partial charge >= 0.3 is 0 Å². The topological polar surface area (TPSA) is 23.0 Å². The van der Waals surface area contributed by atoms with Crippen molar-refractivity contribution >= 4 is 71.2 Å². The molecule has 1 unspecified atom stereocenters. The Labute approximate surface area is 265 Å². The summed E-state index contributed by atoms with van der Waals surface area (Å²) in [4.78, 5) is 0. The standard InChI is InChI=1S/C43H30N2O/c1-27-9-8-10-30(23-27)44-38-14-5-2-11-32(38)35-24-28(17-20-40(35)44)29-18-21-41-36(25-29)33-12-3-6-15-39(33)45(41)31-19-22-43-37(26-31)34-13-4-7-16-42(34)46-43/h2-22,24-27H,23H2,1H3. The Hall–Kier alpha value is -5.80. The molecule has 0 saturated heterocycles. The molecule has 9 aromatic rings. The first-order chi connectivity index (χ1) is 22.7. The van der Waals surface area contributed by atoms with Gasteiger partial charge in [0, 0.05) is 43.7 Å². The van der Waals surface area contributed by atoms with Gasteiger partial charge in [-0.15, -0.1) is 0 Å². The molecule has 0 spiro atoms. The fourth-order valence-corrected chi connectivity index (χ4v) is 7.73. The maximum atomic E-state index is 6.15. The third-order valence-electron chi connectivity index (χ3n) is 9.84. The zero-order valence-electron chi connectivity index (χ0n) is 25.4. The van der Waals surface area contributed by atoms with E-state index >= 15 is 0 Å². The summed E-state index contributed by atoms with van der Waals surface area (Å²) < 4.78 is 11.0. The number of aromatic nitrogens is 2. The van der Waals surface area contributed by atoms with Crippen molar-refractivity contribution in [3.05, 3.63) is 146 Å². The Balaban J connectivity index is 1.16. The van der Waals surface area contributed by atoms with Crippen LogP contribution in [0.4, 0.5) is 0 Å². The summed E-state index contributed by atoms with van der Waals surface area (Å²) in [5.74, 6) is 0.533. The van der Waals surface area contributed by atoms with Crippen LogP contribution in [0.3, 0.4) is 0 Å². The van der Waals surface area contributed by atoms with Crippen LogP contribution < -0.4 is 0 Å². The highest BCUT2D eigenvalue weighted by Gasteiger charge is 2.18. The molecule has 1 aliphatic rings. The van der Waals surface area contributed by atoms with Gasteiger partial charge in [0.2, 0.25) is 0 Å². The van der Waals surface area contributed by atoms with Gasteiger partial charge in [0.25, 0.3) is 0 Å². The van der Waals surface area contributed by atoms with Crippen molar-refractivity contribution in [3.8, 4) is 16.8 Å². The molecule has 46 heavy (non-hydrogen) atoms. The summed E-state index contributed by atoms with van der Waals surface area (Å²) >= 11 is 0. The third kappa shape index (κ3) is 3.66. The minimum atomic E-state index is 0.533. The van der Waals surface area contributed by atoms with Gasteiger partial charge in [-0.25, -0.2) is 0 Å². The van der Waals surface area contributed by atoms with E-state index in [1.54, 1.807) is 0 Å². The quantitative estimate of drug-likeness (QED) is 0.201. The highest BCUT2D eigenvalue weighted by Crippen LogP contribution is 2.40. The largest absolute Gasteiger partial charge is 0.456 e. The lowest BCUT2D eigenvalue weighted by Crippen LogP contribution is -2.03. The van der Waals surface area contributed by atoms with Gasteiger partial charge in [0.05, 0.1) is 22.1 Å². The van der Waals surface area contributed by atoms with Crippen molar-refractivity contribution < 1.29 is 4.42 Å². The highest BCUT2D eigenvalue weighted by molar-refractivity contribution is 6.13. The van der Waals surface area contributed by atoms with Crippen molar-refractivity contribution in [1.29, 1.82) is 0 Å². The first-order valence-corrected chi connectivity index (χ1v) is 16.1. The van der Waals surface area contributed by atoms with E-state index in [-0.39, 0.29) is 0 Å². The van der Waals surface area contributed by atoms with E-state index in [1.165, 1.54) is 60.4 Å². The zero-order chi connectivity index (χ0) is 30.4. The van der Waals surface area contributed by atoms with Crippen LogP contribution in [0.1, 0.15) is 13.3 Å². The van der Waals surface area contributed by atoms with Crippen LogP contribution in [-0.2, 0) is 0 Å². The van der Waals surface area contributed by atoms with Gasteiger partial charge < -0.3 is 13.6 Å². The Morgan fingerprint density at radius 1 is 0.522 bits per heavy atom. The summed E-state index contributed by atoms with van der Waals surface area (Å²) in [6.07, 6.45) is 7.81. The second-order valence-electron chi connectivity index (χ2n) is 12.7. The Morgan fingerprint density at radius 3 is 1.83 bits per heavy atom. The maximum Gasteiger partial charge on any atom is 0.135 e. The van der Waals surface area contributed by atoms with Crippen LogP contribution in [-0.4, -0.2) is 9.13 Å². The fourth-order valence-electron chi connectivity index (χ4n) is 7.73. The number of hydrogen-bond donors (Lipinski definition) is 0. The van der Waals surface area contributed by atoms with Crippen molar-refractivity contribution in [2.24, 2.45) is 5.92 Å². The molecular weight excluding hydrogens is 560 g/mol. The van der Waals surface area contributed by atoms with E-state index in [1.807, 2.05) is 12.1 Å². The van der Waals surface area contributed by atoms with E-state index in [4.69, 9.17) is 4.42 Å². The average Bonchev–Trinajstić information content (AvgIpc) is 3.75. The van der Waals surface area contributed by atoms with E-state index in [9.17, 15) is 0 Å². The molecule has 0 aliphatic heterocycles. The molecule has 3 aromatic heterocycles. The zero-order valence-corrected chi connectivity index (χ0v) is 25.4. The Morgan fingerprint density at radius 2 is 1.11 bits per heavy atom. The second-order valence-corrected chi connectivity index (χ2v) is 12.7. The molecule has 6 aromatic carbocycles. The number of hydrogen-bond acceptors (Lipinski definition) is 1. The molecule has 0 fully saturated rings. The number of fused-ring (bicyclic) bond motifs is 9. The minimum absolute atomic E-state index is 0.533. The molecular formula is C43H30N2O. The minimum Gasteiger partial charge on any atom is -0.456 e. The van der Waals surface area contributed by atoms with Gasteiger partial charge in [-0.3, -0.25) is 0 Å². The number of benzene rings is 6. The Bertz CT molecular complexity index is 2750. The average molecular weight is 591 g/mol. The predicted octanol–water partition coefficient (Wildman–Crippen LogP) is 11.9. The van der Waals surface area contributed by atoms with Crippen LogP contribution in [0.15, 0.2) is 150 Å². The van der Waals surface area contributed by atoms with E-state index in [0.717, 1.165) is 34.0 Å². The van der Waals surface area contributed by atoms with Crippen molar-refractivity contribution in [1.82, 2.24) is 9.13 Å². The number of para-hydroxylation sites is 3. The van der Waals surface area contributed by atoms with Crippen LogP contribution in [0.25, 0.3) is 88.1 Å². The summed E-state index contributed by atoms with van der Waals surface area (Å²) in [6.45, 7) is 2.29. The Kier molecular flexibility index (Phi) is 5.32. The molecule has 3 heterocycles. The summed E-state index contributed by atoms with van der Waals surface area (Å²) in [7, 11) is 0. The molecule has 1 atom stereocenters. The molecule has 218 valence electrons. The summed E-state index contributed by atoms with van der Waals surface area (Å²) in [6, 6.07) is 46.3. The highest BCUT2D eigenvalue weighted by atomic mass is 16.3. The van der Waals surface area contributed by atoms with Crippen molar-refractivity contribution in [3.63, 3.8) is 0 Å². The molecule has 10 rings (SSSR count). The smallest absolute Gasteiger partial charge is 0.135 e. The summed E-state index contributed by atoms with van der Waals surface area (Å²) in [5, 5.41) is 7.37. The molecule has 0 N–H and O–H groups in total. The predicted molar refractivity (Wildman–Crippen MR) is 194 cm³/mol. The maximum absolute atomic E-state index is 6.15. The number of nitrogens with zero attached hydrogens (tertiary/aromatic N) is 2. The lowest BCUT2D eigenvalue weighted by atomic mass is 9.99. The van der Waals surface area contributed by atoms with Gasteiger partial charge in [0.1, 0.15) is 11.2 Å². The third-order valence-corrected chi connectivity index (χ3v) is 9.84. The number of allylic oxidation sites excluding steroid dienone is 4. The van der Waals surface area contributed by atoms with Gasteiger partial charge in [0.15, 0.2) is 0 Å². The van der Waals surface area contributed by atoms with Gasteiger partial charge in [-0.05, 0) is 90.2 Å². The van der Waals surface area contributed by atoms with Crippen LogP contribution in [0, 0.1) is 5.92 Å². The second kappa shape index (κ2) is 9.60. The van der Waals surface area contributed by atoms with Crippen molar-refractivity contribution in [2.75, 3.05) is 0 Å². The first kappa shape index (κ1) is 25.5. The lowest BCUT2D eigenvalue weighted by molar-refractivity contribution is 0.669. The van der Waals surface area contributed by atoms with E-state index in [2.05, 4.69) is 150 Å². The molecule has 3 heteroatoms. The fraction of sp³-hybridized carbons (Fsp3) is 0.0698. The van der Waals surface area contributed by atoms with Gasteiger partial charge in [-0.2, -0.15) is 0 Å². The SMILES string of the molecule is CC1C=CC=C(n2c3ccccc3c3cc(-c4ccc5c(c4)c4ccccc4n5-c4ccc5oc6ccccc6c5c4)ccc32)C1. The van der Waals surface area contributed by atoms with E-state index < -0.39 is 0 Å². The van der Waals surface area contributed by atoms with Crippen molar-refractivity contribution in [2.45, 2.75) is 13.3 Å². The molecule has 0 saturated carbocycles. The monoisotopic (exact) mass is 590 g/mol. The summed E-state index contributed by atoms with van der Waals surface area (Å²) in [5.41, 5.74) is 11.7. The number of rotatable bonds is 3. The molecule has 0 bridgehead atoms. The normalized spacial score (nSPS) is 15.2. The molecule has 1 aliphatic carbocycles. The van der Waals surface area contributed by atoms with E-state index in [0.29, 0.717) is 5.92 Å². The molecule has 0 radical (unpaired) electrons. The lowest BCUT2D eigenvalue weighted by Gasteiger charge is -2.18. The van der Waals surface area contributed by atoms with Crippen LogP contribution in [0.2, 0.25) is 0 Å². The van der Waals surface area contributed by atoms with Crippen LogP contribution in [0.5, 0.6) is 0 Å². The molecule has 0 amide bonds. The number of furan rings is 1.